The van der Waals surface area contributed by atoms with Crippen LogP contribution in [0.15, 0.2) is 59.5 Å². The minimum Gasteiger partial charge on any atom is -0.337 e. The summed E-state index contributed by atoms with van der Waals surface area (Å²) in [5.41, 5.74) is 7.16. The number of halogens is 1. The molecule has 6 nitrogen and oxygen atoms in total. The molecule has 2 aromatic rings. The molecule has 0 aromatic heterocycles. The second-order valence-electron chi connectivity index (χ2n) is 6.49. The van der Waals surface area contributed by atoms with Gasteiger partial charge in [0.05, 0.1) is 4.90 Å². The van der Waals surface area contributed by atoms with Crippen molar-refractivity contribution in [2.24, 2.45) is 5.73 Å². The van der Waals surface area contributed by atoms with Crippen molar-refractivity contribution in [2.75, 3.05) is 13.1 Å². The molecule has 0 bridgehead atoms. The molecule has 1 heterocycles. The SMILES string of the molecule is Cl.NC1CCCN(C(=O)c2cccc(S(=O)(=O)NCc3ccccc3)c2)C1. The van der Waals surface area contributed by atoms with E-state index in [2.05, 4.69) is 4.72 Å². The molecule has 146 valence electrons. The molecule has 1 unspecified atom stereocenters. The van der Waals surface area contributed by atoms with E-state index in [1.807, 2.05) is 30.3 Å². The number of nitrogens with one attached hydrogen (secondary N) is 1. The highest BCUT2D eigenvalue weighted by molar-refractivity contribution is 7.89. The number of hydrogen-bond donors (Lipinski definition) is 2. The van der Waals surface area contributed by atoms with Gasteiger partial charge >= 0.3 is 0 Å². The average Bonchev–Trinajstić information content (AvgIpc) is 2.67. The number of sulfonamides is 1. The van der Waals surface area contributed by atoms with Gasteiger partial charge in [0.25, 0.3) is 5.91 Å². The molecule has 2 aromatic carbocycles. The largest absolute Gasteiger partial charge is 0.337 e. The van der Waals surface area contributed by atoms with Crippen LogP contribution < -0.4 is 10.5 Å². The number of benzene rings is 2. The molecule has 1 saturated heterocycles. The fraction of sp³-hybridized carbons (Fsp3) is 0.316. The molecular formula is C19H24ClN3O3S. The zero-order chi connectivity index (χ0) is 18.6. The Morgan fingerprint density at radius 3 is 2.59 bits per heavy atom. The third-order valence-corrected chi connectivity index (χ3v) is 5.84. The fourth-order valence-electron chi connectivity index (χ4n) is 3.03. The van der Waals surface area contributed by atoms with Crippen molar-refractivity contribution in [2.45, 2.75) is 30.3 Å². The zero-order valence-electron chi connectivity index (χ0n) is 14.9. The highest BCUT2D eigenvalue weighted by atomic mass is 35.5. The highest BCUT2D eigenvalue weighted by Crippen LogP contribution is 2.16. The summed E-state index contributed by atoms with van der Waals surface area (Å²) in [6.45, 7) is 1.35. The summed E-state index contributed by atoms with van der Waals surface area (Å²) in [5, 5.41) is 0. The molecular weight excluding hydrogens is 386 g/mol. The van der Waals surface area contributed by atoms with Crippen LogP contribution in [0.1, 0.15) is 28.8 Å². The van der Waals surface area contributed by atoms with Crippen molar-refractivity contribution in [3.05, 3.63) is 65.7 Å². The summed E-state index contributed by atoms with van der Waals surface area (Å²) < 4.78 is 27.7. The van der Waals surface area contributed by atoms with E-state index < -0.39 is 10.0 Å². The predicted molar refractivity (Wildman–Crippen MR) is 107 cm³/mol. The van der Waals surface area contributed by atoms with E-state index in [4.69, 9.17) is 5.73 Å². The van der Waals surface area contributed by atoms with Crippen molar-refractivity contribution in [1.82, 2.24) is 9.62 Å². The maximum atomic E-state index is 12.7. The number of likely N-dealkylation sites (tertiary alicyclic amines) is 1. The van der Waals surface area contributed by atoms with Gasteiger partial charge in [-0.2, -0.15) is 0 Å². The Morgan fingerprint density at radius 2 is 1.89 bits per heavy atom. The van der Waals surface area contributed by atoms with Gasteiger partial charge in [-0.05, 0) is 36.6 Å². The summed E-state index contributed by atoms with van der Waals surface area (Å²) >= 11 is 0. The first-order chi connectivity index (χ1) is 12.5. The molecule has 1 aliphatic heterocycles. The number of rotatable bonds is 5. The van der Waals surface area contributed by atoms with E-state index >= 15 is 0 Å². The second kappa shape index (κ2) is 9.32. The number of carbonyl (C=O) groups is 1. The number of piperidine rings is 1. The lowest BCUT2D eigenvalue weighted by atomic mass is 10.1. The number of nitrogens with zero attached hydrogens (tertiary/aromatic N) is 1. The van der Waals surface area contributed by atoms with Crippen molar-refractivity contribution >= 4 is 28.3 Å². The molecule has 3 rings (SSSR count). The molecule has 1 fully saturated rings. The van der Waals surface area contributed by atoms with Gasteiger partial charge in [-0.3, -0.25) is 4.79 Å². The Morgan fingerprint density at radius 1 is 1.15 bits per heavy atom. The minimum absolute atomic E-state index is 0. The molecule has 27 heavy (non-hydrogen) atoms. The van der Waals surface area contributed by atoms with Gasteiger partial charge < -0.3 is 10.6 Å². The van der Waals surface area contributed by atoms with E-state index in [1.165, 1.54) is 12.1 Å². The number of carbonyl (C=O) groups excluding carboxylic acids is 1. The minimum atomic E-state index is -3.70. The van der Waals surface area contributed by atoms with Crippen molar-refractivity contribution in [1.29, 1.82) is 0 Å². The number of nitrogens with two attached hydrogens (primary N) is 1. The zero-order valence-corrected chi connectivity index (χ0v) is 16.5. The maximum Gasteiger partial charge on any atom is 0.253 e. The Kier molecular flexibility index (Phi) is 7.38. The third kappa shape index (κ3) is 5.52. The lowest BCUT2D eigenvalue weighted by Gasteiger charge is -2.30. The summed E-state index contributed by atoms with van der Waals surface area (Å²) in [5.74, 6) is -0.180. The van der Waals surface area contributed by atoms with E-state index in [1.54, 1.807) is 17.0 Å². The van der Waals surface area contributed by atoms with Gasteiger partial charge in [0, 0.05) is 31.2 Å². The summed E-state index contributed by atoms with van der Waals surface area (Å²) in [4.78, 5) is 14.4. The lowest BCUT2D eigenvalue weighted by molar-refractivity contribution is 0.0708. The lowest BCUT2D eigenvalue weighted by Crippen LogP contribution is -2.45. The summed E-state index contributed by atoms with van der Waals surface area (Å²) in [7, 11) is -3.70. The van der Waals surface area contributed by atoms with Crippen LogP contribution in [0, 0.1) is 0 Å². The summed E-state index contributed by atoms with van der Waals surface area (Å²) in [6.07, 6.45) is 1.77. The molecule has 0 radical (unpaired) electrons. The van der Waals surface area contributed by atoms with Crippen molar-refractivity contribution < 1.29 is 13.2 Å². The predicted octanol–water partition coefficient (Wildman–Crippen LogP) is 2.15. The molecule has 1 aliphatic rings. The standard InChI is InChI=1S/C19H23N3O3S.ClH/c20-17-9-5-11-22(14-17)19(23)16-8-4-10-18(12-16)26(24,25)21-13-15-6-2-1-3-7-15;/h1-4,6-8,10,12,17,21H,5,9,11,13-14,20H2;1H. The topological polar surface area (TPSA) is 92.5 Å². The summed E-state index contributed by atoms with van der Waals surface area (Å²) in [6, 6.07) is 15.4. The maximum absolute atomic E-state index is 12.7. The molecule has 1 amide bonds. The monoisotopic (exact) mass is 409 g/mol. The first kappa shape index (κ1) is 21.4. The van der Waals surface area contributed by atoms with Gasteiger partial charge in [0.15, 0.2) is 0 Å². The van der Waals surface area contributed by atoms with Crippen molar-refractivity contribution in [3.63, 3.8) is 0 Å². The van der Waals surface area contributed by atoms with E-state index in [0.717, 1.165) is 18.4 Å². The van der Waals surface area contributed by atoms with Crippen LogP contribution in [-0.4, -0.2) is 38.4 Å². The van der Waals surface area contributed by atoms with Crippen LogP contribution >= 0.6 is 12.4 Å². The van der Waals surface area contributed by atoms with Crippen LogP contribution in [-0.2, 0) is 16.6 Å². The van der Waals surface area contributed by atoms with Crippen LogP contribution in [0.2, 0.25) is 0 Å². The highest BCUT2D eigenvalue weighted by Gasteiger charge is 2.23. The van der Waals surface area contributed by atoms with Crippen LogP contribution in [0.3, 0.4) is 0 Å². The third-order valence-electron chi connectivity index (χ3n) is 4.45. The smallest absolute Gasteiger partial charge is 0.253 e. The van der Waals surface area contributed by atoms with E-state index in [-0.39, 0.29) is 35.8 Å². The van der Waals surface area contributed by atoms with Crippen molar-refractivity contribution in [3.8, 4) is 0 Å². The quantitative estimate of drug-likeness (QED) is 0.791. The van der Waals surface area contributed by atoms with Gasteiger partial charge in [-0.1, -0.05) is 36.4 Å². The van der Waals surface area contributed by atoms with Crippen LogP contribution in [0.25, 0.3) is 0 Å². The van der Waals surface area contributed by atoms with Gasteiger partial charge in [0.1, 0.15) is 0 Å². The Bertz CT molecular complexity index is 875. The molecule has 0 aliphatic carbocycles. The Balaban J connectivity index is 0.00000261. The van der Waals surface area contributed by atoms with Crippen LogP contribution in [0.4, 0.5) is 0 Å². The molecule has 8 heteroatoms. The van der Waals surface area contributed by atoms with Crippen LogP contribution in [0.5, 0.6) is 0 Å². The first-order valence-corrected chi connectivity index (χ1v) is 10.1. The normalized spacial score (nSPS) is 17.2. The van der Waals surface area contributed by atoms with Gasteiger partial charge in [-0.15, -0.1) is 12.4 Å². The first-order valence-electron chi connectivity index (χ1n) is 8.64. The Labute approximate surface area is 166 Å². The molecule has 3 N–H and O–H groups in total. The fourth-order valence-corrected chi connectivity index (χ4v) is 4.09. The average molecular weight is 410 g/mol. The molecule has 1 atom stereocenters. The number of amides is 1. The number of hydrogen-bond acceptors (Lipinski definition) is 4. The molecule has 0 saturated carbocycles. The van der Waals surface area contributed by atoms with Gasteiger partial charge in [0.2, 0.25) is 10.0 Å². The van der Waals surface area contributed by atoms with E-state index in [9.17, 15) is 13.2 Å². The molecule has 0 spiro atoms. The van der Waals surface area contributed by atoms with Gasteiger partial charge in [-0.25, -0.2) is 13.1 Å². The Hall–Kier alpha value is -1.93. The van der Waals surface area contributed by atoms with E-state index in [0.29, 0.717) is 18.7 Å². The second-order valence-corrected chi connectivity index (χ2v) is 8.26.